The van der Waals surface area contributed by atoms with E-state index in [0.29, 0.717) is 11.8 Å². The van der Waals surface area contributed by atoms with Crippen LogP contribution in [0.2, 0.25) is 0 Å². The summed E-state index contributed by atoms with van der Waals surface area (Å²) in [6, 6.07) is -0.136. The van der Waals surface area contributed by atoms with Crippen LogP contribution in [0.1, 0.15) is 38.0 Å². The molecule has 0 saturated heterocycles. The molecular formula is C9H17N3OS. The van der Waals surface area contributed by atoms with Crippen LogP contribution in [0.5, 0.6) is 0 Å². The summed E-state index contributed by atoms with van der Waals surface area (Å²) in [5.41, 5.74) is 5.96. The zero-order valence-corrected chi connectivity index (χ0v) is 9.67. The van der Waals surface area contributed by atoms with E-state index in [9.17, 15) is 0 Å². The summed E-state index contributed by atoms with van der Waals surface area (Å²) in [6.45, 7) is 4.19. The van der Waals surface area contributed by atoms with E-state index in [1.54, 1.807) is 11.8 Å². The van der Waals surface area contributed by atoms with Gasteiger partial charge in [-0.3, -0.25) is 0 Å². The van der Waals surface area contributed by atoms with E-state index < -0.39 is 0 Å². The minimum atomic E-state index is -0.136. The fraction of sp³-hybridized carbons (Fsp3) is 0.778. The molecule has 0 aliphatic carbocycles. The average Bonchev–Trinajstić information content (AvgIpc) is 2.64. The Morgan fingerprint density at radius 1 is 1.57 bits per heavy atom. The second-order valence-electron chi connectivity index (χ2n) is 3.39. The molecule has 0 radical (unpaired) electrons. The highest BCUT2D eigenvalue weighted by atomic mass is 32.2. The molecule has 0 aliphatic rings. The maximum absolute atomic E-state index is 5.96. The maximum Gasteiger partial charge on any atom is 0.243 e. The average molecular weight is 215 g/mol. The van der Waals surface area contributed by atoms with Crippen LogP contribution in [0, 0.1) is 5.92 Å². The summed E-state index contributed by atoms with van der Waals surface area (Å²) in [6.07, 6.45) is 3.02. The van der Waals surface area contributed by atoms with Gasteiger partial charge in [-0.2, -0.15) is 16.7 Å². The van der Waals surface area contributed by atoms with Crippen molar-refractivity contribution in [3.8, 4) is 0 Å². The van der Waals surface area contributed by atoms with Crippen LogP contribution in [0.4, 0.5) is 0 Å². The molecule has 0 unspecified atom stereocenters. The lowest BCUT2D eigenvalue weighted by molar-refractivity contribution is 0.311. The van der Waals surface area contributed by atoms with Gasteiger partial charge in [-0.1, -0.05) is 25.4 Å². The molecule has 0 aliphatic heterocycles. The van der Waals surface area contributed by atoms with Crippen molar-refractivity contribution in [3.05, 3.63) is 11.7 Å². The van der Waals surface area contributed by atoms with Gasteiger partial charge in [0.1, 0.15) is 0 Å². The van der Waals surface area contributed by atoms with Crippen LogP contribution in [-0.4, -0.2) is 16.4 Å². The molecule has 1 aromatic rings. The Balaban J connectivity index is 2.65. The van der Waals surface area contributed by atoms with Gasteiger partial charge in [-0.05, 0) is 12.2 Å². The van der Waals surface area contributed by atoms with Crippen LogP contribution in [-0.2, 0) is 5.75 Å². The zero-order valence-electron chi connectivity index (χ0n) is 8.86. The van der Waals surface area contributed by atoms with Crippen LogP contribution in [0.3, 0.4) is 0 Å². The Morgan fingerprint density at radius 3 is 2.86 bits per heavy atom. The Bertz CT molecular complexity index is 277. The Morgan fingerprint density at radius 2 is 2.29 bits per heavy atom. The van der Waals surface area contributed by atoms with Gasteiger partial charge in [0, 0.05) is 0 Å². The van der Waals surface area contributed by atoms with Crippen molar-refractivity contribution in [2.45, 2.75) is 32.1 Å². The van der Waals surface area contributed by atoms with Crippen LogP contribution < -0.4 is 5.73 Å². The monoisotopic (exact) mass is 215 g/mol. The smallest absolute Gasteiger partial charge is 0.243 e. The van der Waals surface area contributed by atoms with Crippen molar-refractivity contribution in [2.24, 2.45) is 11.7 Å². The first-order valence-corrected chi connectivity index (χ1v) is 6.15. The van der Waals surface area contributed by atoms with E-state index in [2.05, 4.69) is 24.0 Å². The van der Waals surface area contributed by atoms with Crippen LogP contribution >= 0.6 is 11.8 Å². The van der Waals surface area contributed by atoms with Crippen LogP contribution in [0.15, 0.2) is 4.52 Å². The number of hydrogen-bond donors (Lipinski definition) is 1. The first-order valence-electron chi connectivity index (χ1n) is 4.76. The molecule has 0 fully saturated rings. The van der Waals surface area contributed by atoms with E-state index in [0.717, 1.165) is 18.0 Å². The third-order valence-electron chi connectivity index (χ3n) is 2.30. The second-order valence-corrected chi connectivity index (χ2v) is 4.26. The third kappa shape index (κ3) is 2.72. The van der Waals surface area contributed by atoms with Crippen molar-refractivity contribution in [1.82, 2.24) is 10.1 Å². The number of hydrogen-bond acceptors (Lipinski definition) is 5. The topological polar surface area (TPSA) is 64.9 Å². The first kappa shape index (κ1) is 11.5. The van der Waals surface area contributed by atoms with E-state index >= 15 is 0 Å². The molecule has 0 amide bonds. The van der Waals surface area contributed by atoms with Crippen molar-refractivity contribution < 1.29 is 4.52 Å². The standard InChI is InChI=1S/C9H17N3OS/c1-4-6(2)8(10)9-11-7(5-14-3)12-13-9/h6,8H,4-5,10H2,1-3H3/t6-,8-/m0/s1. The number of thioether (sulfide) groups is 1. The Kier molecular flexibility index (Phi) is 4.41. The van der Waals surface area contributed by atoms with Crippen molar-refractivity contribution in [3.63, 3.8) is 0 Å². The SMILES string of the molecule is CC[C@H](C)[C@H](N)c1nc(CSC)no1. The summed E-state index contributed by atoms with van der Waals surface area (Å²) in [5, 5.41) is 3.86. The minimum Gasteiger partial charge on any atom is -0.338 e. The molecule has 0 aromatic carbocycles. The summed E-state index contributed by atoms with van der Waals surface area (Å²) < 4.78 is 5.10. The van der Waals surface area contributed by atoms with Gasteiger partial charge in [-0.25, -0.2) is 0 Å². The van der Waals surface area contributed by atoms with E-state index in [1.807, 2.05) is 6.26 Å². The lowest BCUT2D eigenvalue weighted by Crippen LogP contribution is -2.18. The Labute approximate surface area is 88.6 Å². The van der Waals surface area contributed by atoms with E-state index in [-0.39, 0.29) is 6.04 Å². The molecule has 14 heavy (non-hydrogen) atoms. The van der Waals surface area contributed by atoms with Gasteiger partial charge in [0.05, 0.1) is 11.8 Å². The fourth-order valence-electron chi connectivity index (χ4n) is 1.09. The van der Waals surface area contributed by atoms with Gasteiger partial charge >= 0.3 is 0 Å². The van der Waals surface area contributed by atoms with E-state index in [1.165, 1.54) is 0 Å². The van der Waals surface area contributed by atoms with Gasteiger partial charge in [0.15, 0.2) is 5.82 Å². The first-order chi connectivity index (χ1) is 6.69. The maximum atomic E-state index is 5.96. The summed E-state index contributed by atoms with van der Waals surface area (Å²) in [7, 11) is 0. The normalized spacial score (nSPS) is 15.4. The molecule has 2 atom stereocenters. The highest BCUT2D eigenvalue weighted by Gasteiger charge is 2.19. The molecule has 0 saturated carbocycles. The minimum absolute atomic E-state index is 0.136. The fourth-order valence-corrected chi connectivity index (χ4v) is 1.46. The summed E-state index contributed by atoms with van der Waals surface area (Å²) >= 11 is 1.67. The number of aromatic nitrogens is 2. The van der Waals surface area contributed by atoms with Gasteiger partial charge < -0.3 is 10.3 Å². The van der Waals surface area contributed by atoms with Crippen molar-refractivity contribution in [1.29, 1.82) is 0 Å². The molecular weight excluding hydrogens is 198 g/mol. The van der Waals surface area contributed by atoms with Crippen LogP contribution in [0.25, 0.3) is 0 Å². The predicted octanol–water partition coefficient (Wildman–Crippen LogP) is 1.98. The molecule has 2 N–H and O–H groups in total. The summed E-state index contributed by atoms with van der Waals surface area (Å²) in [5.74, 6) is 2.43. The highest BCUT2D eigenvalue weighted by Crippen LogP contribution is 2.20. The third-order valence-corrected chi connectivity index (χ3v) is 2.85. The quantitative estimate of drug-likeness (QED) is 0.813. The van der Waals surface area contributed by atoms with Gasteiger partial charge in [0.2, 0.25) is 5.89 Å². The van der Waals surface area contributed by atoms with Crippen molar-refractivity contribution >= 4 is 11.8 Å². The second kappa shape index (κ2) is 5.36. The molecule has 1 rings (SSSR count). The number of rotatable bonds is 5. The van der Waals surface area contributed by atoms with Gasteiger partial charge in [0.25, 0.3) is 0 Å². The number of nitrogens with two attached hydrogens (primary N) is 1. The summed E-state index contributed by atoms with van der Waals surface area (Å²) in [4.78, 5) is 4.25. The molecule has 1 heterocycles. The molecule has 1 aromatic heterocycles. The van der Waals surface area contributed by atoms with Gasteiger partial charge in [-0.15, -0.1) is 0 Å². The molecule has 80 valence electrons. The molecule has 0 spiro atoms. The number of nitrogens with zero attached hydrogens (tertiary/aromatic N) is 2. The van der Waals surface area contributed by atoms with E-state index in [4.69, 9.17) is 10.3 Å². The largest absolute Gasteiger partial charge is 0.338 e. The molecule has 4 nitrogen and oxygen atoms in total. The lowest BCUT2D eigenvalue weighted by atomic mass is 10.0. The molecule has 0 bridgehead atoms. The predicted molar refractivity (Wildman–Crippen MR) is 57.9 cm³/mol. The zero-order chi connectivity index (χ0) is 10.6. The lowest BCUT2D eigenvalue weighted by Gasteiger charge is -2.12. The van der Waals surface area contributed by atoms with Crippen molar-refractivity contribution in [2.75, 3.05) is 6.26 Å². The molecule has 5 heteroatoms. The highest BCUT2D eigenvalue weighted by molar-refractivity contribution is 7.97. The Hall–Kier alpha value is -0.550.